The molecule has 0 aromatic carbocycles. The molecule has 2 heterocycles. The van der Waals surface area contributed by atoms with Crippen molar-refractivity contribution >= 4 is 17.5 Å². The summed E-state index contributed by atoms with van der Waals surface area (Å²) in [4.78, 5) is 17.5. The zero-order chi connectivity index (χ0) is 14.5. The standard InChI is InChI=1S/C14H17N3O3/c1-17(2)13-7-4-10(8-16-13)15-9-11-5-6-12(20-11)14(18)19-3/h4-8,15H,9H2,1-3H3. The first-order valence-electron chi connectivity index (χ1n) is 6.14. The molecule has 2 aromatic heterocycles. The summed E-state index contributed by atoms with van der Waals surface area (Å²) in [7, 11) is 5.19. The van der Waals surface area contributed by atoms with Crippen LogP contribution in [0.4, 0.5) is 11.5 Å². The van der Waals surface area contributed by atoms with Crippen LogP contribution in [0.3, 0.4) is 0 Å². The monoisotopic (exact) mass is 275 g/mol. The van der Waals surface area contributed by atoms with Crippen LogP contribution in [0.25, 0.3) is 0 Å². The van der Waals surface area contributed by atoms with Gasteiger partial charge in [-0.2, -0.15) is 0 Å². The van der Waals surface area contributed by atoms with Crippen LogP contribution in [-0.4, -0.2) is 32.2 Å². The van der Waals surface area contributed by atoms with Crippen molar-refractivity contribution in [3.05, 3.63) is 42.0 Å². The van der Waals surface area contributed by atoms with Crippen LogP contribution in [0.15, 0.2) is 34.9 Å². The van der Waals surface area contributed by atoms with Crippen molar-refractivity contribution in [2.24, 2.45) is 0 Å². The van der Waals surface area contributed by atoms with Crippen molar-refractivity contribution in [2.75, 3.05) is 31.4 Å². The van der Waals surface area contributed by atoms with Crippen molar-refractivity contribution < 1.29 is 13.9 Å². The molecule has 0 bridgehead atoms. The molecule has 0 amide bonds. The highest BCUT2D eigenvalue weighted by Crippen LogP contribution is 2.14. The Balaban J connectivity index is 1.94. The van der Waals surface area contributed by atoms with Gasteiger partial charge in [-0.15, -0.1) is 0 Å². The summed E-state index contributed by atoms with van der Waals surface area (Å²) < 4.78 is 9.93. The number of aromatic nitrogens is 1. The fraction of sp³-hybridized carbons (Fsp3) is 0.286. The highest BCUT2D eigenvalue weighted by Gasteiger charge is 2.10. The second kappa shape index (κ2) is 6.10. The maximum Gasteiger partial charge on any atom is 0.373 e. The number of methoxy groups -OCH3 is 1. The van der Waals surface area contributed by atoms with Gasteiger partial charge >= 0.3 is 5.97 Å². The van der Waals surface area contributed by atoms with Crippen LogP contribution in [0.5, 0.6) is 0 Å². The summed E-state index contributed by atoms with van der Waals surface area (Å²) in [5.41, 5.74) is 0.881. The molecule has 6 heteroatoms. The highest BCUT2D eigenvalue weighted by atomic mass is 16.5. The van der Waals surface area contributed by atoms with Gasteiger partial charge in [-0.25, -0.2) is 9.78 Å². The maximum atomic E-state index is 11.3. The summed E-state index contributed by atoms with van der Waals surface area (Å²) in [5, 5.41) is 3.17. The van der Waals surface area contributed by atoms with E-state index in [0.717, 1.165) is 11.5 Å². The number of furan rings is 1. The van der Waals surface area contributed by atoms with Crippen LogP contribution in [0.1, 0.15) is 16.3 Å². The molecule has 0 radical (unpaired) electrons. The maximum absolute atomic E-state index is 11.3. The summed E-state index contributed by atoms with van der Waals surface area (Å²) in [6.07, 6.45) is 1.75. The number of anilines is 2. The van der Waals surface area contributed by atoms with Gasteiger partial charge in [0, 0.05) is 14.1 Å². The Morgan fingerprint density at radius 1 is 1.35 bits per heavy atom. The Hall–Kier alpha value is -2.50. The van der Waals surface area contributed by atoms with Crippen LogP contribution >= 0.6 is 0 Å². The molecule has 0 saturated heterocycles. The quantitative estimate of drug-likeness (QED) is 0.843. The lowest BCUT2D eigenvalue weighted by Crippen LogP contribution is -2.10. The van der Waals surface area contributed by atoms with Crippen LogP contribution in [0, 0.1) is 0 Å². The average molecular weight is 275 g/mol. The third kappa shape index (κ3) is 3.28. The first-order valence-corrected chi connectivity index (χ1v) is 6.14. The van der Waals surface area contributed by atoms with E-state index in [2.05, 4.69) is 15.0 Å². The number of pyridine rings is 1. The summed E-state index contributed by atoms with van der Waals surface area (Å²) in [5.74, 6) is 1.27. The summed E-state index contributed by atoms with van der Waals surface area (Å²) in [6, 6.07) is 7.19. The SMILES string of the molecule is COC(=O)c1ccc(CNc2ccc(N(C)C)nc2)o1. The van der Waals surface area contributed by atoms with E-state index < -0.39 is 5.97 Å². The molecule has 0 saturated carbocycles. The molecule has 0 aliphatic rings. The minimum Gasteiger partial charge on any atom is -0.463 e. The fourth-order valence-corrected chi connectivity index (χ4v) is 1.63. The predicted molar refractivity (Wildman–Crippen MR) is 75.9 cm³/mol. The predicted octanol–water partition coefficient (Wildman–Crippen LogP) is 2.14. The number of ether oxygens (including phenoxy) is 1. The average Bonchev–Trinajstić information content (AvgIpc) is 2.93. The lowest BCUT2D eigenvalue weighted by atomic mass is 10.3. The number of hydrogen-bond acceptors (Lipinski definition) is 6. The lowest BCUT2D eigenvalue weighted by Gasteiger charge is -2.11. The summed E-state index contributed by atoms with van der Waals surface area (Å²) >= 11 is 0. The number of carbonyl (C=O) groups is 1. The number of carbonyl (C=O) groups excluding carboxylic acids is 1. The van der Waals surface area contributed by atoms with Gasteiger partial charge in [-0.1, -0.05) is 0 Å². The van der Waals surface area contributed by atoms with Gasteiger partial charge < -0.3 is 19.4 Å². The Kier molecular flexibility index (Phi) is 4.24. The van der Waals surface area contributed by atoms with Gasteiger partial charge in [-0.3, -0.25) is 0 Å². The molecule has 0 atom stereocenters. The van der Waals surface area contributed by atoms with E-state index in [4.69, 9.17) is 4.42 Å². The normalized spacial score (nSPS) is 10.2. The second-order valence-electron chi connectivity index (χ2n) is 4.41. The Morgan fingerprint density at radius 3 is 2.75 bits per heavy atom. The van der Waals surface area contributed by atoms with Crippen LogP contribution in [0.2, 0.25) is 0 Å². The Morgan fingerprint density at radius 2 is 2.15 bits per heavy atom. The molecule has 2 rings (SSSR count). The molecular weight excluding hydrogens is 258 g/mol. The van der Waals surface area contributed by atoms with Crippen molar-refractivity contribution in [1.29, 1.82) is 0 Å². The first kappa shape index (κ1) is 13.9. The fourth-order valence-electron chi connectivity index (χ4n) is 1.63. The van der Waals surface area contributed by atoms with Crippen molar-refractivity contribution in [1.82, 2.24) is 4.98 Å². The van der Waals surface area contributed by atoms with E-state index in [1.807, 2.05) is 31.1 Å². The van der Waals surface area contributed by atoms with E-state index in [-0.39, 0.29) is 5.76 Å². The molecular formula is C14H17N3O3. The largest absolute Gasteiger partial charge is 0.463 e. The molecule has 106 valence electrons. The molecule has 1 N–H and O–H groups in total. The van der Waals surface area contributed by atoms with Crippen molar-refractivity contribution in [3.63, 3.8) is 0 Å². The number of nitrogens with one attached hydrogen (secondary N) is 1. The van der Waals surface area contributed by atoms with E-state index in [1.165, 1.54) is 7.11 Å². The molecule has 0 aliphatic heterocycles. The number of nitrogens with zero attached hydrogens (tertiary/aromatic N) is 2. The Bertz CT molecular complexity index is 576. The van der Waals surface area contributed by atoms with E-state index in [0.29, 0.717) is 12.3 Å². The second-order valence-corrected chi connectivity index (χ2v) is 4.41. The van der Waals surface area contributed by atoms with Gasteiger partial charge in [0.15, 0.2) is 0 Å². The minimum atomic E-state index is -0.478. The topological polar surface area (TPSA) is 67.6 Å². The zero-order valence-corrected chi connectivity index (χ0v) is 11.7. The molecule has 20 heavy (non-hydrogen) atoms. The highest BCUT2D eigenvalue weighted by molar-refractivity contribution is 5.86. The first-order chi connectivity index (χ1) is 9.60. The Labute approximate surface area is 117 Å². The third-order valence-corrected chi connectivity index (χ3v) is 2.72. The molecule has 6 nitrogen and oxygen atoms in total. The van der Waals surface area contributed by atoms with Gasteiger partial charge in [0.2, 0.25) is 5.76 Å². The van der Waals surface area contributed by atoms with Gasteiger partial charge in [0.25, 0.3) is 0 Å². The summed E-state index contributed by atoms with van der Waals surface area (Å²) in [6.45, 7) is 0.472. The van der Waals surface area contributed by atoms with E-state index >= 15 is 0 Å². The van der Waals surface area contributed by atoms with Crippen molar-refractivity contribution in [2.45, 2.75) is 6.54 Å². The van der Waals surface area contributed by atoms with Crippen molar-refractivity contribution in [3.8, 4) is 0 Å². The van der Waals surface area contributed by atoms with Crippen LogP contribution < -0.4 is 10.2 Å². The minimum absolute atomic E-state index is 0.199. The molecule has 0 spiro atoms. The molecule has 0 aliphatic carbocycles. The van der Waals surface area contributed by atoms with E-state index in [1.54, 1.807) is 18.3 Å². The van der Waals surface area contributed by atoms with Crippen LogP contribution in [-0.2, 0) is 11.3 Å². The molecule has 0 unspecified atom stereocenters. The van der Waals surface area contributed by atoms with E-state index in [9.17, 15) is 4.79 Å². The lowest BCUT2D eigenvalue weighted by molar-refractivity contribution is 0.0563. The van der Waals surface area contributed by atoms with Gasteiger partial charge in [-0.05, 0) is 24.3 Å². The molecule has 0 fully saturated rings. The number of rotatable bonds is 5. The zero-order valence-electron chi connectivity index (χ0n) is 11.7. The third-order valence-electron chi connectivity index (χ3n) is 2.72. The number of hydrogen-bond donors (Lipinski definition) is 1. The molecule has 2 aromatic rings. The number of esters is 1. The smallest absolute Gasteiger partial charge is 0.373 e. The van der Waals surface area contributed by atoms with Gasteiger partial charge in [0.05, 0.1) is 25.5 Å². The van der Waals surface area contributed by atoms with Gasteiger partial charge in [0.1, 0.15) is 11.6 Å².